The Morgan fingerprint density at radius 3 is 2.89 bits per heavy atom. The Bertz CT molecular complexity index is 499. The first-order valence-electron chi connectivity index (χ1n) is 6.33. The van der Waals surface area contributed by atoms with Gasteiger partial charge in [0, 0.05) is 6.54 Å². The third kappa shape index (κ3) is 2.70. The Morgan fingerprint density at radius 2 is 2.21 bits per heavy atom. The Morgan fingerprint density at radius 1 is 1.47 bits per heavy atom. The standard InChI is InChI=1S/C14H18N2O3/c1-4-15-13(17)12-9(2)19-14(16-12)10-7-5-6-8-11(10)18-3/h5-9,12H,4H2,1-3H3,(H,15,17)/t9-,12+/m0/s1. The molecule has 5 heteroatoms. The Kier molecular flexibility index (Phi) is 4.04. The van der Waals surface area contributed by atoms with Gasteiger partial charge in [-0.05, 0) is 26.0 Å². The zero-order valence-electron chi connectivity index (χ0n) is 11.3. The third-order valence-electron chi connectivity index (χ3n) is 2.96. The highest BCUT2D eigenvalue weighted by Gasteiger charge is 2.34. The maximum absolute atomic E-state index is 11.9. The van der Waals surface area contributed by atoms with E-state index in [4.69, 9.17) is 9.47 Å². The van der Waals surface area contributed by atoms with Crippen molar-refractivity contribution in [3.8, 4) is 5.75 Å². The van der Waals surface area contributed by atoms with Gasteiger partial charge in [-0.2, -0.15) is 0 Å². The third-order valence-corrected chi connectivity index (χ3v) is 2.96. The number of hydrogen-bond donors (Lipinski definition) is 1. The summed E-state index contributed by atoms with van der Waals surface area (Å²) < 4.78 is 11.0. The summed E-state index contributed by atoms with van der Waals surface area (Å²) in [5.74, 6) is 1.03. The van der Waals surface area contributed by atoms with E-state index >= 15 is 0 Å². The minimum absolute atomic E-state index is 0.111. The molecule has 102 valence electrons. The van der Waals surface area contributed by atoms with E-state index in [0.717, 1.165) is 5.56 Å². The number of ether oxygens (including phenoxy) is 2. The van der Waals surface area contributed by atoms with Crippen LogP contribution in [0.15, 0.2) is 29.3 Å². The van der Waals surface area contributed by atoms with Crippen LogP contribution in [0.25, 0.3) is 0 Å². The van der Waals surface area contributed by atoms with Crippen LogP contribution in [0.4, 0.5) is 0 Å². The first-order chi connectivity index (χ1) is 9.17. The van der Waals surface area contributed by atoms with Crippen molar-refractivity contribution in [3.05, 3.63) is 29.8 Å². The lowest BCUT2D eigenvalue weighted by molar-refractivity contribution is -0.123. The van der Waals surface area contributed by atoms with Crippen LogP contribution in [0.2, 0.25) is 0 Å². The predicted molar refractivity (Wildman–Crippen MR) is 72.5 cm³/mol. The minimum Gasteiger partial charge on any atom is -0.496 e. The fourth-order valence-electron chi connectivity index (χ4n) is 2.01. The molecule has 1 heterocycles. The van der Waals surface area contributed by atoms with Gasteiger partial charge >= 0.3 is 0 Å². The number of rotatable bonds is 4. The van der Waals surface area contributed by atoms with E-state index in [1.807, 2.05) is 38.1 Å². The van der Waals surface area contributed by atoms with Crippen molar-refractivity contribution in [1.82, 2.24) is 5.32 Å². The van der Waals surface area contributed by atoms with E-state index in [-0.39, 0.29) is 12.0 Å². The molecule has 1 aromatic carbocycles. The van der Waals surface area contributed by atoms with Crippen LogP contribution in [-0.2, 0) is 9.53 Å². The molecule has 1 aliphatic rings. The van der Waals surface area contributed by atoms with Gasteiger partial charge in [0.2, 0.25) is 11.8 Å². The van der Waals surface area contributed by atoms with Gasteiger partial charge in [-0.3, -0.25) is 4.79 Å². The summed E-state index contributed by atoms with van der Waals surface area (Å²) in [6.07, 6.45) is -0.272. The van der Waals surface area contributed by atoms with Crippen molar-refractivity contribution in [2.45, 2.75) is 26.0 Å². The molecule has 2 rings (SSSR count). The molecule has 0 spiro atoms. The Hall–Kier alpha value is -2.04. The molecular formula is C14H18N2O3. The van der Waals surface area contributed by atoms with Crippen LogP contribution in [0.5, 0.6) is 5.75 Å². The number of aliphatic imine (C=N–C) groups is 1. The molecule has 19 heavy (non-hydrogen) atoms. The second-order valence-electron chi connectivity index (χ2n) is 4.30. The maximum Gasteiger partial charge on any atom is 0.248 e. The van der Waals surface area contributed by atoms with Crippen LogP contribution in [-0.4, -0.2) is 37.6 Å². The predicted octanol–water partition coefficient (Wildman–Crippen LogP) is 1.37. The van der Waals surface area contributed by atoms with Gasteiger partial charge in [0.25, 0.3) is 0 Å². The average molecular weight is 262 g/mol. The summed E-state index contributed by atoms with van der Waals surface area (Å²) in [7, 11) is 1.60. The van der Waals surface area contributed by atoms with Gasteiger partial charge in [0.05, 0.1) is 12.7 Å². The van der Waals surface area contributed by atoms with E-state index in [1.54, 1.807) is 7.11 Å². The lowest BCUT2D eigenvalue weighted by atomic mass is 10.2. The monoisotopic (exact) mass is 262 g/mol. The smallest absolute Gasteiger partial charge is 0.248 e. The second-order valence-corrected chi connectivity index (χ2v) is 4.30. The van der Waals surface area contributed by atoms with Gasteiger partial charge in [0.15, 0.2) is 6.04 Å². The lowest BCUT2D eigenvalue weighted by Crippen LogP contribution is -2.38. The molecule has 1 N–H and O–H groups in total. The SMILES string of the molecule is CCNC(=O)[C@@H]1N=C(c2ccccc2OC)O[C@H]1C. The molecular weight excluding hydrogens is 244 g/mol. The highest BCUT2D eigenvalue weighted by Crippen LogP contribution is 2.24. The summed E-state index contributed by atoms with van der Waals surface area (Å²) in [6.45, 7) is 4.30. The molecule has 0 aromatic heterocycles. The minimum atomic E-state index is -0.500. The number of carbonyl (C=O) groups is 1. The summed E-state index contributed by atoms with van der Waals surface area (Å²) in [6, 6.07) is 6.96. The largest absolute Gasteiger partial charge is 0.496 e. The topological polar surface area (TPSA) is 59.9 Å². The Balaban J connectivity index is 2.26. The van der Waals surface area contributed by atoms with Crippen molar-refractivity contribution in [3.63, 3.8) is 0 Å². The summed E-state index contributed by atoms with van der Waals surface area (Å²) >= 11 is 0. The number of para-hydroxylation sites is 1. The molecule has 0 aliphatic carbocycles. The van der Waals surface area contributed by atoms with Crippen LogP contribution in [0.1, 0.15) is 19.4 Å². The fourth-order valence-corrected chi connectivity index (χ4v) is 2.01. The van der Waals surface area contributed by atoms with Crippen molar-refractivity contribution in [2.75, 3.05) is 13.7 Å². The van der Waals surface area contributed by atoms with Crippen molar-refractivity contribution < 1.29 is 14.3 Å². The highest BCUT2D eigenvalue weighted by molar-refractivity contribution is 6.00. The van der Waals surface area contributed by atoms with Gasteiger partial charge < -0.3 is 14.8 Å². The van der Waals surface area contributed by atoms with Crippen LogP contribution in [0.3, 0.4) is 0 Å². The molecule has 2 atom stereocenters. The number of likely N-dealkylation sites (N-methyl/N-ethyl adjacent to an activating group) is 1. The number of nitrogens with one attached hydrogen (secondary N) is 1. The zero-order chi connectivity index (χ0) is 13.8. The Labute approximate surface area is 112 Å². The fraction of sp³-hybridized carbons (Fsp3) is 0.429. The summed E-state index contributed by atoms with van der Waals surface area (Å²) in [5, 5.41) is 2.76. The van der Waals surface area contributed by atoms with Crippen LogP contribution < -0.4 is 10.1 Å². The molecule has 1 aliphatic heterocycles. The van der Waals surface area contributed by atoms with E-state index in [0.29, 0.717) is 18.2 Å². The van der Waals surface area contributed by atoms with Crippen molar-refractivity contribution >= 4 is 11.8 Å². The molecule has 1 amide bonds. The quantitative estimate of drug-likeness (QED) is 0.891. The summed E-state index contributed by atoms with van der Waals surface area (Å²) in [4.78, 5) is 16.2. The number of benzene rings is 1. The molecule has 0 saturated carbocycles. The van der Waals surface area contributed by atoms with Crippen LogP contribution >= 0.6 is 0 Å². The van der Waals surface area contributed by atoms with E-state index in [2.05, 4.69) is 10.3 Å². The molecule has 5 nitrogen and oxygen atoms in total. The summed E-state index contributed by atoms with van der Waals surface area (Å²) in [5.41, 5.74) is 0.767. The number of methoxy groups -OCH3 is 1. The van der Waals surface area contributed by atoms with Crippen molar-refractivity contribution in [2.24, 2.45) is 4.99 Å². The first-order valence-corrected chi connectivity index (χ1v) is 6.33. The molecule has 0 saturated heterocycles. The van der Waals surface area contributed by atoms with E-state index < -0.39 is 6.04 Å². The highest BCUT2D eigenvalue weighted by atomic mass is 16.5. The molecule has 0 fully saturated rings. The van der Waals surface area contributed by atoms with Crippen LogP contribution in [0, 0.1) is 0 Å². The van der Waals surface area contributed by atoms with Crippen molar-refractivity contribution in [1.29, 1.82) is 0 Å². The zero-order valence-corrected chi connectivity index (χ0v) is 11.3. The first kappa shape index (κ1) is 13.4. The normalized spacial score (nSPS) is 21.5. The van der Waals surface area contributed by atoms with Gasteiger partial charge in [-0.25, -0.2) is 4.99 Å². The maximum atomic E-state index is 11.9. The number of hydrogen-bond acceptors (Lipinski definition) is 4. The molecule has 1 aromatic rings. The lowest BCUT2D eigenvalue weighted by Gasteiger charge is -2.12. The van der Waals surface area contributed by atoms with Gasteiger partial charge in [-0.15, -0.1) is 0 Å². The number of amides is 1. The molecule has 0 bridgehead atoms. The van der Waals surface area contributed by atoms with Gasteiger partial charge in [-0.1, -0.05) is 12.1 Å². The van der Waals surface area contributed by atoms with Gasteiger partial charge in [0.1, 0.15) is 11.9 Å². The van der Waals surface area contributed by atoms with E-state index in [9.17, 15) is 4.79 Å². The second kappa shape index (κ2) is 5.73. The molecule has 0 unspecified atom stereocenters. The molecule has 0 radical (unpaired) electrons. The number of carbonyl (C=O) groups excluding carboxylic acids is 1. The number of nitrogens with zero attached hydrogens (tertiary/aromatic N) is 1. The average Bonchev–Trinajstić information content (AvgIpc) is 2.81. The van der Waals surface area contributed by atoms with E-state index in [1.165, 1.54) is 0 Å².